The number of alkyl halides is 3. The van der Waals surface area contributed by atoms with Crippen molar-refractivity contribution in [2.75, 3.05) is 13.1 Å². The first-order valence-corrected chi connectivity index (χ1v) is 8.08. The van der Waals surface area contributed by atoms with Gasteiger partial charge in [0, 0.05) is 18.0 Å². The highest BCUT2D eigenvalue weighted by atomic mass is 32.1. The molecular formula is C15H13F3N2O4S. The Balaban J connectivity index is 1.87. The normalized spacial score (nSPS) is 20.9. The second-order valence-corrected chi connectivity index (χ2v) is 6.97. The summed E-state index contributed by atoms with van der Waals surface area (Å²) in [5.41, 5.74) is -2.92. The number of hydrogen-bond donors (Lipinski definition) is 1. The lowest BCUT2D eigenvalue weighted by atomic mass is 9.86. The van der Waals surface area contributed by atoms with E-state index in [-0.39, 0.29) is 12.2 Å². The molecule has 1 N–H and O–H groups in total. The zero-order valence-electron chi connectivity index (χ0n) is 13.0. The smallest absolute Gasteiger partial charge is 0.406 e. The molecule has 0 bridgehead atoms. The average molecular weight is 374 g/mol. The fourth-order valence-electron chi connectivity index (χ4n) is 2.76. The number of furan rings is 1. The van der Waals surface area contributed by atoms with E-state index >= 15 is 0 Å². The number of amides is 1. The van der Waals surface area contributed by atoms with Crippen LogP contribution in [0.3, 0.4) is 0 Å². The van der Waals surface area contributed by atoms with Crippen LogP contribution in [-0.2, 0) is 4.79 Å². The molecule has 0 saturated carbocycles. The topological polar surface area (TPSA) is 83.6 Å². The summed E-state index contributed by atoms with van der Waals surface area (Å²) < 4.78 is 44.9. The lowest BCUT2D eigenvalue weighted by Gasteiger charge is -2.27. The zero-order valence-corrected chi connectivity index (χ0v) is 13.8. The SMILES string of the molecule is Cc1sc(-c2ccco2)nc1C(=O)N1CCC(C(=O)O)(C(F)(F)F)C1. The molecule has 1 fully saturated rings. The van der Waals surface area contributed by atoms with Crippen LogP contribution in [0.15, 0.2) is 22.8 Å². The monoisotopic (exact) mass is 374 g/mol. The van der Waals surface area contributed by atoms with Crippen molar-refractivity contribution in [3.05, 3.63) is 29.0 Å². The maximum atomic E-state index is 13.2. The van der Waals surface area contributed by atoms with Gasteiger partial charge in [0.15, 0.2) is 16.2 Å². The van der Waals surface area contributed by atoms with Crippen LogP contribution in [0.2, 0.25) is 0 Å². The van der Waals surface area contributed by atoms with Gasteiger partial charge >= 0.3 is 12.1 Å². The number of aryl methyl sites for hydroxylation is 1. The molecule has 2 aromatic heterocycles. The van der Waals surface area contributed by atoms with Crippen LogP contribution in [0.4, 0.5) is 13.2 Å². The summed E-state index contributed by atoms with van der Waals surface area (Å²) >= 11 is 1.18. The molecule has 6 nitrogen and oxygen atoms in total. The molecule has 0 radical (unpaired) electrons. The van der Waals surface area contributed by atoms with Crippen molar-refractivity contribution in [2.45, 2.75) is 19.5 Å². The van der Waals surface area contributed by atoms with Crippen LogP contribution in [0.25, 0.3) is 10.8 Å². The summed E-state index contributed by atoms with van der Waals surface area (Å²) in [6, 6.07) is 3.31. The predicted octanol–water partition coefficient (Wildman–Crippen LogP) is 3.19. The highest BCUT2D eigenvalue weighted by Gasteiger charge is 2.64. The number of halogens is 3. The molecular weight excluding hydrogens is 361 g/mol. The van der Waals surface area contributed by atoms with E-state index in [2.05, 4.69) is 4.98 Å². The minimum absolute atomic E-state index is 0.0137. The molecule has 1 atom stereocenters. The van der Waals surface area contributed by atoms with Crippen molar-refractivity contribution in [3.8, 4) is 10.8 Å². The van der Waals surface area contributed by atoms with Gasteiger partial charge in [-0.15, -0.1) is 11.3 Å². The number of carboxylic acid groups (broad SMARTS) is 1. The average Bonchev–Trinajstić information content (AvgIpc) is 3.25. The predicted molar refractivity (Wildman–Crippen MR) is 81.2 cm³/mol. The van der Waals surface area contributed by atoms with Crippen LogP contribution in [0.1, 0.15) is 21.8 Å². The van der Waals surface area contributed by atoms with Crippen molar-refractivity contribution >= 4 is 23.2 Å². The third kappa shape index (κ3) is 2.80. The number of carboxylic acids is 1. The van der Waals surface area contributed by atoms with Gasteiger partial charge in [-0.25, -0.2) is 4.98 Å². The summed E-state index contributed by atoms with van der Waals surface area (Å²) in [7, 11) is 0. The third-order valence-corrected chi connectivity index (χ3v) is 5.22. The Morgan fingerprint density at radius 1 is 1.44 bits per heavy atom. The molecule has 1 unspecified atom stereocenters. The Labute approximate surface area is 143 Å². The number of nitrogens with zero attached hydrogens (tertiary/aromatic N) is 2. The minimum Gasteiger partial charge on any atom is -0.481 e. The molecule has 1 aliphatic heterocycles. The van der Waals surface area contributed by atoms with E-state index < -0.39 is 36.4 Å². The molecule has 134 valence electrons. The van der Waals surface area contributed by atoms with Crippen molar-refractivity contribution < 1.29 is 32.3 Å². The van der Waals surface area contributed by atoms with Gasteiger partial charge in [-0.1, -0.05) is 0 Å². The molecule has 0 aromatic carbocycles. The first kappa shape index (κ1) is 17.5. The fraction of sp³-hybridized carbons (Fsp3) is 0.400. The Kier molecular flexibility index (Phi) is 4.10. The van der Waals surface area contributed by atoms with Crippen molar-refractivity contribution in [1.82, 2.24) is 9.88 Å². The third-order valence-electron chi connectivity index (χ3n) is 4.24. The lowest BCUT2D eigenvalue weighted by Crippen LogP contribution is -2.47. The van der Waals surface area contributed by atoms with Gasteiger partial charge in [0.2, 0.25) is 0 Å². The van der Waals surface area contributed by atoms with E-state index in [4.69, 9.17) is 9.52 Å². The lowest BCUT2D eigenvalue weighted by molar-refractivity contribution is -0.227. The molecule has 1 aliphatic rings. The maximum Gasteiger partial charge on any atom is 0.406 e. The fourth-order valence-corrected chi connectivity index (χ4v) is 3.63. The number of carbonyl (C=O) groups excluding carboxylic acids is 1. The molecule has 25 heavy (non-hydrogen) atoms. The number of thiazole rings is 1. The quantitative estimate of drug-likeness (QED) is 0.892. The Bertz CT molecular complexity index is 815. The van der Waals surface area contributed by atoms with E-state index in [1.807, 2.05) is 0 Å². The van der Waals surface area contributed by atoms with E-state index in [1.165, 1.54) is 17.6 Å². The van der Waals surface area contributed by atoms with Crippen LogP contribution >= 0.6 is 11.3 Å². The van der Waals surface area contributed by atoms with E-state index in [0.29, 0.717) is 15.6 Å². The van der Waals surface area contributed by atoms with Gasteiger partial charge in [0.1, 0.15) is 5.69 Å². The van der Waals surface area contributed by atoms with Gasteiger partial charge < -0.3 is 14.4 Å². The molecule has 1 saturated heterocycles. The van der Waals surface area contributed by atoms with Crippen LogP contribution < -0.4 is 0 Å². The van der Waals surface area contributed by atoms with Gasteiger partial charge in [-0.3, -0.25) is 9.59 Å². The first-order chi connectivity index (χ1) is 11.7. The number of aliphatic carboxylic acids is 1. The largest absolute Gasteiger partial charge is 0.481 e. The Morgan fingerprint density at radius 3 is 2.68 bits per heavy atom. The number of likely N-dealkylation sites (tertiary alicyclic amines) is 1. The summed E-state index contributed by atoms with van der Waals surface area (Å²) in [5, 5.41) is 9.50. The van der Waals surface area contributed by atoms with Crippen LogP contribution in [0, 0.1) is 12.3 Å². The summed E-state index contributed by atoms with van der Waals surface area (Å²) in [6.45, 7) is 0.414. The van der Waals surface area contributed by atoms with E-state index in [1.54, 1.807) is 19.1 Å². The second kappa shape index (κ2) is 5.87. The Morgan fingerprint density at radius 2 is 2.16 bits per heavy atom. The molecule has 3 heterocycles. The summed E-state index contributed by atoms with van der Waals surface area (Å²) in [4.78, 5) is 29.4. The van der Waals surface area contributed by atoms with Gasteiger partial charge in [0.25, 0.3) is 5.91 Å². The van der Waals surface area contributed by atoms with E-state index in [0.717, 1.165) is 4.90 Å². The minimum atomic E-state index is -4.94. The number of hydrogen-bond acceptors (Lipinski definition) is 5. The summed E-state index contributed by atoms with van der Waals surface area (Å²) in [5.74, 6) is -2.23. The molecule has 10 heteroatoms. The van der Waals surface area contributed by atoms with Crippen LogP contribution in [-0.4, -0.2) is 46.1 Å². The Hall–Kier alpha value is -2.36. The molecule has 3 rings (SSSR count). The second-order valence-electron chi connectivity index (χ2n) is 5.76. The summed E-state index contributed by atoms with van der Waals surface area (Å²) in [6.07, 6.45) is -4.17. The number of aromatic nitrogens is 1. The maximum absolute atomic E-state index is 13.2. The molecule has 2 aromatic rings. The highest BCUT2D eigenvalue weighted by Crippen LogP contribution is 2.46. The van der Waals surface area contributed by atoms with Gasteiger partial charge in [-0.2, -0.15) is 13.2 Å². The van der Waals surface area contributed by atoms with Gasteiger partial charge in [0.05, 0.1) is 6.26 Å². The molecule has 0 spiro atoms. The zero-order chi connectivity index (χ0) is 18.4. The molecule has 0 aliphatic carbocycles. The highest BCUT2D eigenvalue weighted by molar-refractivity contribution is 7.15. The standard InChI is InChI=1S/C15H13F3N2O4S/c1-8-10(19-11(25-8)9-3-2-6-24-9)12(21)20-5-4-14(7-20,13(22)23)15(16,17)18/h2-3,6H,4-5,7H2,1H3,(H,22,23). The number of rotatable bonds is 3. The van der Waals surface area contributed by atoms with Gasteiger partial charge in [-0.05, 0) is 25.5 Å². The van der Waals surface area contributed by atoms with Crippen molar-refractivity contribution in [3.63, 3.8) is 0 Å². The van der Waals surface area contributed by atoms with Crippen LogP contribution in [0.5, 0.6) is 0 Å². The number of carbonyl (C=O) groups is 2. The van der Waals surface area contributed by atoms with Crippen molar-refractivity contribution in [2.24, 2.45) is 5.41 Å². The van der Waals surface area contributed by atoms with Crippen molar-refractivity contribution in [1.29, 1.82) is 0 Å². The molecule has 1 amide bonds. The van der Waals surface area contributed by atoms with E-state index in [9.17, 15) is 22.8 Å². The first-order valence-electron chi connectivity index (χ1n) is 7.26.